The number of hydrogen-bond donors (Lipinski definition) is 3. The zero-order chi connectivity index (χ0) is 25.9. The molecule has 4 heterocycles. The van der Waals surface area contributed by atoms with Crippen LogP contribution in [0.15, 0.2) is 12.4 Å². The number of carbonyl (C=O) groups excluding carboxylic acids is 1. The molecule has 0 aliphatic carbocycles. The largest absolute Gasteiger partial charge is 0.444 e. The van der Waals surface area contributed by atoms with E-state index in [2.05, 4.69) is 25.3 Å². The normalized spacial score (nSPS) is 20.8. The number of hydrogen-bond acceptors (Lipinski definition) is 11. The lowest BCUT2D eigenvalue weighted by molar-refractivity contribution is 0.0113. The van der Waals surface area contributed by atoms with Gasteiger partial charge in [-0.1, -0.05) is 0 Å². The number of rotatable bonds is 5. The van der Waals surface area contributed by atoms with Crippen molar-refractivity contribution < 1.29 is 23.8 Å². The summed E-state index contributed by atoms with van der Waals surface area (Å²) in [5, 5.41) is 13.5. The number of carbonyl (C=O) groups is 1. The van der Waals surface area contributed by atoms with Gasteiger partial charge in [0.05, 0.1) is 25.4 Å². The number of anilines is 3. The van der Waals surface area contributed by atoms with E-state index in [4.69, 9.17) is 15.2 Å². The third kappa shape index (κ3) is 5.90. The molecule has 4 rings (SSSR count). The highest BCUT2D eigenvalue weighted by Crippen LogP contribution is 2.32. The SMILES string of the molecule is CC(C)(C)OC(=O)N1CCC[C@](CO)(Nc2nc(N3CCOCC3)nc(-c3cnc(N)nc3)c2F)C1. The number of likely N-dealkylation sites (tertiary alicyclic amines) is 1. The molecular formula is C23H33FN8O4. The Bertz CT molecular complexity index is 1080. The Labute approximate surface area is 209 Å². The molecule has 2 aromatic rings. The van der Waals surface area contributed by atoms with E-state index in [1.54, 1.807) is 20.8 Å². The molecule has 196 valence electrons. The molecule has 2 aromatic heterocycles. The van der Waals surface area contributed by atoms with Gasteiger partial charge in [0.1, 0.15) is 11.3 Å². The second-order valence-electron chi connectivity index (χ2n) is 10.0. The first kappa shape index (κ1) is 25.8. The van der Waals surface area contributed by atoms with Crippen LogP contribution in [0.1, 0.15) is 33.6 Å². The van der Waals surface area contributed by atoms with E-state index in [9.17, 15) is 9.90 Å². The van der Waals surface area contributed by atoms with Gasteiger partial charge >= 0.3 is 6.09 Å². The number of aliphatic hydroxyl groups excluding tert-OH is 1. The lowest BCUT2D eigenvalue weighted by Crippen LogP contribution is -2.57. The Balaban J connectivity index is 1.68. The van der Waals surface area contributed by atoms with Crippen LogP contribution in [0.4, 0.5) is 26.9 Å². The summed E-state index contributed by atoms with van der Waals surface area (Å²) >= 11 is 0. The van der Waals surface area contributed by atoms with Crippen molar-refractivity contribution in [1.82, 2.24) is 24.8 Å². The van der Waals surface area contributed by atoms with Gasteiger partial charge in [-0.2, -0.15) is 4.98 Å². The zero-order valence-electron chi connectivity index (χ0n) is 20.8. The van der Waals surface area contributed by atoms with E-state index >= 15 is 4.39 Å². The predicted molar refractivity (Wildman–Crippen MR) is 131 cm³/mol. The molecule has 0 bridgehead atoms. The number of nitrogens with two attached hydrogens (primary N) is 1. The van der Waals surface area contributed by atoms with Crippen molar-refractivity contribution in [2.45, 2.75) is 44.8 Å². The summed E-state index contributed by atoms with van der Waals surface area (Å²) in [5.41, 5.74) is 4.25. The molecule has 0 aromatic carbocycles. The molecule has 13 heteroatoms. The van der Waals surface area contributed by atoms with Crippen LogP contribution < -0.4 is 16.0 Å². The number of nitrogens with zero attached hydrogens (tertiary/aromatic N) is 6. The van der Waals surface area contributed by atoms with E-state index < -0.39 is 23.1 Å². The Morgan fingerprint density at radius 1 is 1.25 bits per heavy atom. The second kappa shape index (κ2) is 10.3. The maximum Gasteiger partial charge on any atom is 0.410 e. The fraction of sp³-hybridized carbons (Fsp3) is 0.609. The molecule has 0 unspecified atom stereocenters. The van der Waals surface area contributed by atoms with Crippen LogP contribution in [0.2, 0.25) is 0 Å². The topological polar surface area (TPSA) is 152 Å². The molecule has 2 aliphatic rings. The predicted octanol–water partition coefficient (Wildman–Crippen LogP) is 1.67. The molecule has 1 atom stereocenters. The fourth-order valence-electron chi connectivity index (χ4n) is 4.21. The van der Waals surface area contributed by atoms with Gasteiger partial charge < -0.3 is 35.4 Å². The first-order valence-corrected chi connectivity index (χ1v) is 11.9. The van der Waals surface area contributed by atoms with Crippen molar-refractivity contribution in [3.8, 4) is 11.3 Å². The van der Waals surface area contributed by atoms with Crippen LogP contribution in [0.25, 0.3) is 11.3 Å². The summed E-state index contributed by atoms with van der Waals surface area (Å²) in [7, 11) is 0. The number of ether oxygens (including phenoxy) is 2. The number of amides is 1. The van der Waals surface area contributed by atoms with E-state index in [-0.39, 0.29) is 30.6 Å². The molecule has 4 N–H and O–H groups in total. The molecule has 2 fully saturated rings. The van der Waals surface area contributed by atoms with Crippen LogP contribution in [-0.4, -0.2) is 93.2 Å². The third-order valence-corrected chi connectivity index (χ3v) is 5.99. The quantitative estimate of drug-likeness (QED) is 0.545. The van der Waals surface area contributed by atoms with Crippen molar-refractivity contribution in [3.63, 3.8) is 0 Å². The van der Waals surface area contributed by atoms with Gasteiger partial charge in [0.2, 0.25) is 11.9 Å². The second-order valence-corrected chi connectivity index (χ2v) is 10.0. The van der Waals surface area contributed by atoms with Gasteiger partial charge in [0, 0.05) is 44.1 Å². The summed E-state index contributed by atoms with van der Waals surface area (Å²) < 4.78 is 26.8. The number of nitrogens with one attached hydrogen (secondary N) is 1. The zero-order valence-corrected chi connectivity index (χ0v) is 20.8. The summed E-state index contributed by atoms with van der Waals surface area (Å²) in [6.07, 6.45) is 3.40. The highest BCUT2D eigenvalue weighted by molar-refractivity contribution is 5.69. The van der Waals surface area contributed by atoms with Gasteiger partial charge in [-0.15, -0.1) is 0 Å². The minimum absolute atomic E-state index is 0.00175. The minimum Gasteiger partial charge on any atom is -0.444 e. The molecule has 12 nitrogen and oxygen atoms in total. The molecule has 0 radical (unpaired) electrons. The van der Waals surface area contributed by atoms with Crippen LogP contribution >= 0.6 is 0 Å². The maximum absolute atomic E-state index is 15.8. The van der Waals surface area contributed by atoms with Crippen molar-refractivity contribution in [3.05, 3.63) is 18.2 Å². The molecule has 36 heavy (non-hydrogen) atoms. The maximum atomic E-state index is 15.8. The molecule has 1 amide bonds. The number of piperidine rings is 1. The number of aromatic nitrogens is 4. The Morgan fingerprint density at radius 2 is 1.94 bits per heavy atom. The Morgan fingerprint density at radius 3 is 2.58 bits per heavy atom. The molecular weight excluding hydrogens is 471 g/mol. The van der Waals surface area contributed by atoms with Crippen molar-refractivity contribution in [2.75, 3.05) is 62.0 Å². The van der Waals surface area contributed by atoms with Crippen molar-refractivity contribution in [1.29, 1.82) is 0 Å². The number of aliphatic hydroxyl groups is 1. The third-order valence-electron chi connectivity index (χ3n) is 5.99. The molecule has 0 saturated carbocycles. The van der Waals surface area contributed by atoms with Crippen LogP contribution in [-0.2, 0) is 9.47 Å². The van der Waals surface area contributed by atoms with Crippen LogP contribution in [0.5, 0.6) is 0 Å². The average Bonchev–Trinajstić information content (AvgIpc) is 2.85. The number of nitrogen functional groups attached to an aromatic ring is 1. The molecule has 2 saturated heterocycles. The standard InChI is InChI=1S/C23H33FN8O4/c1-22(2,3)36-21(34)32-6-4-5-23(13-32,14-33)30-18-16(24)17(15-11-26-19(25)27-12-15)28-20(29-18)31-7-9-35-10-8-31/h11-12,33H,4-10,13-14H2,1-3H3,(H2,25,26,27)(H,28,29,30)/t23-/m0/s1. The average molecular weight is 505 g/mol. The first-order valence-electron chi connectivity index (χ1n) is 11.9. The lowest BCUT2D eigenvalue weighted by Gasteiger charge is -2.42. The first-order chi connectivity index (χ1) is 17.1. The number of halogens is 1. The number of morpholine rings is 1. The van der Waals surface area contributed by atoms with Crippen LogP contribution in [0, 0.1) is 5.82 Å². The van der Waals surface area contributed by atoms with E-state index in [0.29, 0.717) is 57.2 Å². The van der Waals surface area contributed by atoms with E-state index in [1.807, 2.05) is 4.90 Å². The molecule has 0 spiro atoms. The van der Waals surface area contributed by atoms with E-state index in [0.717, 1.165) is 0 Å². The monoisotopic (exact) mass is 504 g/mol. The van der Waals surface area contributed by atoms with Gasteiger partial charge in [-0.05, 0) is 33.6 Å². The summed E-state index contributed by atoms with van der Waals surface area (Å²) in [4.78, 5) is 33.0. The van der Waals surface area contributed by atoms with Gasteiger partial charge in [-0.25, -0.2) is 24.1 Å². The molecule has 2 aliphatic heterocycles. The van der Waals surface area contributed by atoms with E-state index in [1.165, 1.54) is 17.3 Å². The minimum atomic E-state index is -1.03. The van der Waals surface area contributed by atoms with Crippen molar-refractivity contribution >= 4 is 23.8 Å². The van der Waals surface area contributed by atoms with Gasteiger partial charge in [-0.3, -0.25) is 0 Å². The summed E-state index contributed by atoms with van der Waals surface area (Å²) in [6, 6.07) is 0. The smallest absolute Gasteiger partial charge is 0.410 e. The summed E-state index contributed by atoms with van der Waals surface area (Å²) in [6.45, 7) is 7.69. The summed E-state index contributed by atoms with van der Waals surface area (Å²) in [5.74, 6) is -0.438. The Hall–Kier alpha value is -3.32. The van der Waals surface area contributed by atoms with Gasteiger partial charge in [0.15, 0.2) is 11.6 Å². The van der Waals surface area contributed by atoms with Crippen LogP contribution in [0.3, 0.4) is 0 Å². The lowest BCUT2D eigenvalue weighted by atomic mass is 9.89. The fourth-order valence-corrected chi connectivity index (χ4v) is 4.21. The van der Waals surface area contributed by atoms with Gasteiger partial charge in [0.25, 0.3) is 0 Å². The highest BCUT2D eigenvalue weighted by atomic mass is 19.1. The Kier molecular flexibility index (Phi) is 7.41. The highest BCUT2D eigenvalue weighted by Gasteiger charge is 2.39. The van der Waals surface area contributed by atoms with Crippen molar-refractivity contribution in [2.24, 2.45) is 0 Å².